The van der Waals surface area contributed by atoms with Gasteiger partial charge in [0.25, 0.3) is 0 Å². The highest BCUT2D eigenvalue weighted by Gasteiger charge is 2.40. The molecule has 0 saturated heterocycles. The molecule has 7 aromatic carbocycles. The van der Waals surface area contributed by atoms with E-state index in [1.54, 1.807) is 0 Å². The molecule has 0 amide bonds. The van der Waals surface area contributed by atoms with Crippen LogP contribution < -0.4 is 4.90 Å². The summed E-state index contributed by atoms with van der Waals surface area (Å²) >= 11 is 0. The van der Waals surface area contributed by atoms with Crippen LogP contribution in [-0.4, -0.2) is 0 Å². The molecule has 1 nitrogen and oxygen atoms in total. The smallest absolute Gasteiger partial charge is 0.0465 e. The predicted molar refractivity (Wildman–Crippen MR) is 254 cm³/mol. The standard InChI is InChI=1S/C58H59N/c1-36-18-13-14-19-42(36)43-30-28-40(32-37(43)2)59(41-29-31-46-45-20-15-16-22-48(45)57(9,10)50(46)33-41)39-26-24-38(25-27-39)44-21-17-23-49-54(44)47-34-52(55(3,4)5)53(56(6,7)8)35-51(47)58(49,11)12/h13-35H,1-12H3. The monoisotopic (exact) mass is 769 g/mol. The molecule has 0 N–H and O–H groups in total. The molecule has 1 heteroatoms. The van der Waals surface area contributed by atoms with E-state index < -0.39 is 0 Å². The molecule has 0 unspecified atom stereocenters. The average molecular weight is 770 g/mol. The van der Waals surface area contributed by atoms with Crippen molar-refractivity contribution in [3.63, 3.8) is 0 Å². The van der Waals surface area contributed by atoms with Gasteiger partial charge in [0.1, 0.15) is 0 Å². The Balaban J connectivity index is 1.19. The first kappa shape index (κ1) is 38.8. The van der Waals surface area contributed by atoms with Crippen LogP contribution >= 0.6 is 0 Å². The molecule has 0 fully saturated rings. The molecule has 0 bridgehead atoms. The van der Waals surface area contributed by atoms with Crippen LogP contribution in [0.5, 0.6) is 0 Å². The third-order valence-electron chi connectivity index (χ3n) is 13.6. The number of aryl methyl sites for hydroxylation is 2. The highest BCUT2D eigenvalue weighted by Crippen LogP contribution is 2.55. The molecule has 0 saturated carbocycles. The molecule has 0 heterocycles. The largest absolute Gasteiger partial charge is 0.310 e. The molecule has 59 heavy (non-hydrogen) atoms. The van der Waals surface area contributed by atoms with E-state index in [4.69, 9.17) is 0 Å². The van der Waals surface area contributed by atoms with Crippen molar-refractivity contribution in [1.82, 2.24) is 0 Å². The van der Waals surface area contributed by atoms with Gasteiger partial charge in [-0.05, 0) is 156 Å². The van der Waals surface area contributed by atoms with E-state index in [1.165, 1.54) is 94.7 Å². The summed E-state index contributed by atoms with van der Waals surface area (Å²) in [6.45, 7) is 28.2. The Bertz CT molecular complexity index is 2790. The lowest BCUT2D eigenvalue weighted by molar-refractivity contribution is 0.527. The zero-order valence-corrected chi connectivity index (χ0v) is 37.2. The Hall–Kier alpha value is -5.66. The van der Waals surface area contributed by atoms with Gasteiger partial charge in [0, 0.05) is 27.9 Å². The van der Waals surface area contributed by atoms with Gasteiger partial charge in [0.2, 0.25) is 0 Å². The normalized spacial score (nSPS) is 14.7. The van der Waals surface area contributed by atoms with Gasteiger partial charge in [-0.1, -0.05) is 166 Å². The molecule has 9 rings (SSSR count). The number of fused-ring (bicyclic) bond motifs is 6. The van der Waals surface area contributed by atoms with E-state index in [0.29, 0.717) is 0 Å². The summed E-state index contributed by atoms with van der Waals surface area (Å²) in [5, 5.41) is 0. The molecule has 0 spiro atoms. The number of hydrogen-bond acceptors (Lipinski definition) is 1. The number of benzene rings is 7. The molecule has 296 valence electrons. The maximum atomic E-state index is 2.55. The van der Waals surface area contributed by atoms with E-state index >= 15 is 0 Å². The van der Waals surface area contributed by atoms with E-state index in [2.05, 4.69) is 228 Å². The SMILES string of the molecule is Cc1ccccc1-c1ccc(N(c2ccc(-c3cccc4c3-c3cc(C(C)(C)C)c(C(C)(C)C)cc3C4(C)C)cc2)c2ccc3c(c2)C(C)(C)c2ccccc2-3)cc1C. The Morgan fingerprint density at radius 3 is 1.53 bits per heavy atom. The van der Waals surface area contributed by atoms with Gasteiger partial charge < -0.3 is 4.90 Å². The van der Waals surface area contributed by atoms with Crippen LogP contribution in [0.4, 0.5) is 17.1 Å². The van der Waals surface area contributed by atoms with Crippen molar-refractivity contribution in [3.8, 4) is 44.5 Å². The molecule has 2 aliphatic carbocycles. The van der Waals surface area contributed by atoms with Crippen molar-refractivity contribution in [2.45, 2.75) is 105 Å². The molecule has 0 aromatic heterocycles. The van der Waals surface area contributed by atoms with Gasteiger partial charge in [-0.2, -0.15) is 0 Å². The van der Waals surface area contributed by atoms with Gasteiger partial charge in [0.15, 0.2) is 0 Å². The predicted octanol–water partition coefficient (Wildman–Crippen LogP) is 16.3. The molecule has 0 aliphatic heterocycles. The summed E-state index contributed by atoms with van der Waals surface area (Å²) in [6, 6.07) is 53.1. The fourth-order valence-electron chi connectivity index (χ4n) is 10.3. The minimum absolute atomic E-state index is 0.0244. The lowest BCUT2D eigenvalue weighted by Gasteiger charge is -2.32. The van der Waals surface area contributed by atoms with E-state index in [0.717, 1.165) is 11.4 Å². The average Bonchev–Trinajstić information content (AvgIpc) is 3.57. The zero-order valence-electron chi connectivity index (χ0n) is 37.2. The minimum atomic E-state index is -0.100. The van der Waals surface area contributed by atoms with Crippen LogP contribution in [0.1, 0.15) is 114 Å². The topological polar surface area (TPSA) is 3.24 Å². The maximum absolute atomic E-state index is 2.55. The van der Waals surface area contributed by atoms with Crippen LogP contribution in [0, 0.1) is 13.8 Å². The number of anilines is 3. The molecular formula is C58H59N. The second kappa shape index (κ2) is 13.4. The number of rotatable bonds is 5. The first-order chi connectivity index (χ1) is 27.9. The fraction of sp³-hybridized carbons (Fsp3) is 0.276. The third-order valence-corrected chi connectivity index (χ3v) is 13.6. The van der Waals surface area contributed by atoms with Crippen LogP contribution in [0.2, 0.25) is 0 Å². The summed E-state index contributed by atoms with van der Waals surface area (Å²) < 4.78 is 0. The van der Waals surface area contributed by atoms with Crippen LogP contribution in [0.15, 0.2) is 140 Å². The number of nitrogens with zero attached hydrogens (tertiary/aromatic N) is 1. The Kier molecular flexibility index (Phi) is 8.84. The van der Waals surface area contributed by atoms with E-state index in [1.807, 2.05) is 0 Å². The van der Waals surface area contributed by atoms with E-state index in [-0.39, 0.29) is 21.7 Å². The first-order valence-corrected chi connectivity index (χ1v) is 21.5. The highest BCUT2D eigenvalue weighted by molar-refractivity contribution is 5.94. The maximum Gasteiger partial charge on any atom is 0.0465 e. The molecule has 2 aliphatic rings. The summed E-state index contributed by atoms with van der Waals surface area (Å²) in [6.07, 6.45) is 0. The number of hydrogen-bond donors (Lipinski definition) is 0. The first-order valence-electron chi connectivity index (χ1n) is 21.5. The van der Waals surface area contributed by atoms with Gasteiger partial charge >= 0.3 is 0 Å². The van der Waals surface area contributed by atoms with Crippen molar-refractivity contribution < 1.29 is 0 Å². The summed E-state index contributed by atoms with van der Waals surface area (Å²) in [5.41, 5.74) is 24.9. The third kappa shape index (κ3) is 6.19. The molecule has 0 atom stereocenters. The minimum Gasteiger partial charge on any atom is -0.310 e. The summed E-state index contributed by atoms with van der Waals surface area (Å²) in [5.74, 6) is 0. The van der Waals surface area contributed by atoms with Gasteiger partial charge in [0.05, 0.1) is 0 Å². The van der Waals surface area contributed by atoms with Crippen molar-refractivity contribution in [1.29, 1.82) is 0 Å². The van der Waals surface area contributed by atoms with Crippen molar-refractivity contribution >= 4 is 17.1 Å². The van der Waals surface area contributed by atoms with Crippen LogP contribution in [-0.2, 0) is 21.7 Å². The summed E-state index contributed by atoms with van der Waals surface area (Å²) in [7, 11) is 0. The lowest BCUT2D eigenvalue weighted by Crippen LogP contribution is -2.24. The Labute approximate surface area is 353 Å². The Morgan fingerprint density at radius 2 is 0.864 bits per heavy atom. The molecule has 7 aromatic rings. The van der Waals surface area contributed by atoms with Crippen molar-refractivity contribution in [2.75, 3.05) is 4.90 Å². The second-order valence-electron chi connectivity index (χ2n) is 20.4. The zero-order chi connectivity index (χ0) is 41.8. The van der Waals surface area contributed by atoms with Crippen molar-refractivity contribution in [2.24, 2.45) is 0 Å². The van der Waals surface area contributed by atoms with Crippen LogP contribution in [0.25, 0.3) is 44.5 Å². The summed E-state index contributed by atoms with van der Waals surface area (Å²) in [4.78, 5) is 2.45. The van der Waals surface area contributed by atoms with Crippen LogP contribution in [0.3, 0.4) is 0 Å². The molecule has 0 radical (unpaired) electrons. The second-order valence-corrected chi connectivity index (χ2v) is 20.4. The van der Waals surface area contributed by atoms with Gasteiger partial charge in [-0.15, -0.1) is 0 Å². The highest BCUT2D eigenvalue weighted by atomic mass is 15.1. The van der Waals surface area contributed by atoms with Gasteiger partial charge in [-0.25, -0.2) is 0 Å². The Morgan fingerprint density at radius 1 is 0.373 bits per heavy atom. The van der Waals surface area contributed by atoms with Crippen molar-refractivity contribution in [3.05, 3.63) is 184 Å². The quantitative estimate of drug-likeness (QED) is 0.169. The van der Waals surface area contributed by atoms with E-state index in [9.17, 15) is 0 Å². The molecular weight excluding hydrogens is 711 g/mol. The lowest BCUT2D eigenvalue weighted by atomic mass is 9.72. The fourth-order valence-corrected chi connectivity index (χ4v) is 10.3. The van der Waals surface area contributed by atoms with Gasteiger partial charge in [-0.3, -0.25) is 0 Å².